The average molecular weight is 555 g/mol. The lowest BCUT2D eigenvalue weighted by molar-refractivity contribution is -0.143. The highest BCUT2D eigenvalue weighted by molar-refractivity contribution is 7.11. The highest BCUT2D eigenvalue weighted by atomic mass is 32.1. The molecule has 1 N–H and O–H groups in total. The number of rotatable bonds is 6. The van der Waals surface area contributed by atoms with E-state index in [1.54, 1.807) is 16.2 Å². The Bertz CT molecular complexity index is 1420. The maximum atomic E-state index is 14.0. The van der Waals surface area contributed by atoms with E-state index in [2.05, 4.69) is 0 Å². The average Bonchev–Trinajstić information content (AvgIpc) is 3.41. The molecule has 0 saturated carbocycles. The molecule has 0 aliphatic carbocycles. The van der Waals surface area contributed by atoms with E-state index in [9.17, 15) is 19.5 Å². The maximum Gasteiger partial charge on any atom is 0.329 e. The van der Waals surface area contributed by atoms with Crippen LogP contribution < -0.4 is 9.80 Å². The predicted molar refractivity (Wildman–Crippen MR) is 157 cm³/mol. The van der Waals surface area contributed by atoms with Gasteiger partial charge >= 0.3 is 18.0 Å². The molecule has 9 heteroatoms. The number of hydrogen-bond acceptors (Lipinski definition) is 4. The van der Waals surface area contributed by atoms with Crippen molar-refractivity contribution in [2.45, 2.75) is 19.5 Å². The molecule has 204 valence electrons. The Labute approximate surface area is 237 Å². The summed E-state index contributed by atoms with van der Waals surface area (Å²) in [6.45, 7) is 2.56. The number of nitrogens with zero attached hydrogens (tertiary/aromatic N) is 4. The van der Waals surface area contributed by atoms with Gasteiger partial charge in [0.25, 0.3) is 0 Å². The van der Waals surface area contributed by atoms with E-state index in [0.29, 0.717) is 17.9 Å². The number of anilines is 3. The largest absolute Gasteiger partial charge is 0.480 e. The SMILES string of the molecule is Cc1ccc(CN(C(=O)N2CCN(C(=O)N(c3ccccc3)c3ccccc3)[C@H](C(=O)O)C2)c2ccccc2)s1. The molecule has 0 unspecified atom stereocenters. The zero-order valence-electron chi connectivity index (χ0n) is 22.1. The number of thiophene rings is 1. The van der Waals surface area contributed by atoms with E-state index in [-0.39, 0.29) is 25.7 Å². The molecule has 0 spiro atoms. The molecule has 1 fully saturated rings. The summed E-state index contributed by atoms with van der Waals surface area (Å²) in [5, 5.41) is 10.2. The van der Waals surface area contributed by atoms with Crippen LogP contribution in [0.15, 0.2) is 103 Å². The number of urea groups is 2. The monoisotopic (exact) mass is 554 g/mol. The quantitative estimate of drug-likeness (QED) is 0.307. The Hall–Kier alpha value is -4.63. The first-order valence-electron chi connectivity index (χ1n) is 13.0. The molecule has 0 bridgehead atoms. The summed E-state index contributed by atoms with van der Waals surface area (Å²) in [6, 6.07) is 29.7. The highest BCUT2D eigenvalue weighted by Crippen LogP contribution is 2.29. The van der Waals surface area contributed by atoms with Crippen LogP contribution in [0, 0.1) is 6.92 Å². The van der Waals surface area contributed by atoms with Crippen LogP contribution in [0.25, 0.3) is 0 Å². The number of carboxylic acid groups (broad SMARTS) is 1. The lowest BCUT2D eigenvalue weighted by Gasteiger charge is -2.42. The van der Waals surface area contributed by atoms with Gasteiger partial charge in [-0.05, 0) is 55.5 Å². The third-order valence-corrected chi connectivity index (χ3v) is 7.80. The molecule has 1 atom stereocenters. The summed E-state index contributed by atoms with van der Waals surface area (Å²) in [5.41, 5.74) is 1.98. The number of piperazine rings is 1. The number of carbonyl (C=O) groups is 3. The molecule has 1 aliphatic heterocycles. The normalized spacial score (nSPS) is 15.0. The fraction of sp³-hybridized carbons (Fsp3) is 0.194. The molecule has 3 aromatic carbocycles. The number of hydrogen-bond donors (Lipinski definition) is 1. The zero-order valence-corrected chi connectivity index (χ0v) is 22.9. The van der Waals surface area contributed by atoms with Crippen molar-refractivity contribution >= 4 is 46.4 Å². The first kappa shape index (κ1) is 27.0. The second-order valence-corrected chi connectivity index (χ2v) is 10.9. The second-order valence-electron chi connectivity index (χ2n) is 9.50. The maximum absolute atomic E-state index is 14.0. The summed E-state index contributed by atoms with van der Waals surface area (Å²) in [6.07, 6.45) is 0. The molecule has 2 heterocycles. The molecule has 4 amide bonds. The molecule has 0 radical (unpaired) electrons. The Morgan fingerprint density at radius 1 is 0.775 bits per heavy atom. The van der Waals surface area contributed by atoms with Crippen LogP contribution in [-0.2, 0) is 11.3 Å². The van der Waals surface area contributed by atoms with Gasteiger partial charge in [0.1, 0.15) is 6.04 Å². The van der Waals surface area contributed by atoms with E-state index >= 15 is 0 Å². The molecule has 8 nitrogen and oxygen atoms in total. The van der Waals surface area contributed by atoms with Gasteiger partial charge < -0.3 is 14.9 Å². The number of carbonyl (C=O) groups excluding carboxylic acids is 2. The first-order valence-corrected chi connectivity index (χ1v) is 13.8. The van der Waals surface area contributed by atoms with Crippen molar-refractivity contribution in [2.24, 2.45) is 0 Å². The molecule has 4 aromatic rings. The van der Waals surface area contributed by atoms with E-state index in [1.165, 1.54) is 14.7 Å². The summed E-state index contributed by atoms with van der Waals surface area (Å²) in [4.78, 5) is 48.6. The van der Waals surface area contributed by atoms with Crippen molar-refractivity contribution in [2.75, 3.05) is 29.4 Å². The standard InChI is InChI=1S/C31H30N4O4S/c1-23-17-18-27(40-23)21-34(24-11-5-2-6-12-24)30(38)32-19-20-33(28(22-32)29(36)37)31(39)35(25-13-7-3-8-14-25)26-15-9-4-10-16-26/h2-18,28H,19-22H2,1H3,(H,36,37)/t28-/m0/s1. The van der Waals surface area contributed by atoms with Gasteiger partial charge in [0.05, 0.1) is 24.5 Å². The van der Waals surface area contributed by atoms with Gasteiger partial charge in [-0.3, -0.25) is 9.80 Å². The fourth-order valence-electron chi connectivity index (χ4n) is 4.82. The summed E-state index contributed by atoms with van der Waals surface area (Å²) in [5.74, 6) is -1.16. The van der Waals surface area contributed by atoms with Crippen LogP contribution >= 0.6 is 11.3 Å². The van der Waals surface area contributed by atoms with Gasteiger partial charge in [-0.25, -0.2) is 14.4 Å². The van der Waals surface area contributed by atoms with Crippen LogP contribution in [0.3, 0.4) is 0 Å². The topological polar surface area (TPSA) is 84.4 Å². The number of carboxylic acids is 1. The Balaban J connectivity index is 1.41. The van der Waals surface area contributed by atoms with E-state index in [0.717, 1.165) is 15.4 Å². The second kappa shape index (κ2) is 12.0. The highest BCUT2D eigenvalue weighted by Gasteiger charge is 2.40. The van der Waals surface area contributed by atoms with Gasteiger partial charge in [-0.15, -0.1) is 11.3 Å². The number of benzene rings is 3. The summed E-state index contributed by atoms with van der Waals surface area (Å²) in [7, 11) is 0. The molecule has 40 heavy (non-hydrogen) atoms. The molecule has 1 saturated heterocycles. The minimum absolute atomic E-state index is 0.0818. The predicted octanol–water partition coefficient (Wildman–Crippen LogP) is 6.21. The number of amides is 4. The first-order chi connectivity index (χ1) is 19.4. The number of aliphatic carboxylic acids is 1. The fourth-order valence-corrected chi connectivity index (χ4v) is 5.70. The molecular weight excluding hydrogens is 524 g/mol. The van der Waals surface area contributed by atoms with Crippen LogP contribution in [0.1, 0.15) is 9.75 Å². The lowest BCUT2D eigenvalue weighted by atomic mass is 10.1. The van der Waals surface area contributed by atoms with E-state index in [4.69, 9.17) is 0 Å². The number of aryl methyl sites for hydroxylation is 1. The number of para-hydroxylation sites is 3. The molecule has 1 aliphatic rings. The van der Waals surface area contributed by atoms with Crippen molar-refractivity contribution in [3.05, 3.63) is 113 Å². The minimum Gasteiger partial charge on any atom is -0.480 e. The molecule has 5 rings (SSSR count). The van der Waals surface area contributed by atoms with E-state index < -0.39 is 18.0 Å². The van der Waals surface area contributed by atoms with Crippen molar-refractivity contribution in [1.29, 1.82) is 0 Å². The van der Waals surface area contributed by atoms with Crippen LogP contribution in [0.2, 0.25) is 0 Å². The molecular formula is C31H30N4O4S. The zero-order chi connectivity index (χ0) is 28.1. The van der Waals surface area contributed by atoms with Gasteiger partial charge in [-0.2, -0.15) is 0 Å². The minimum atomic E-state index is -1.21. The van der Waals surface area contributed by atoms with Crippen molar-refractivity contribution in [3.63, 3.8) is 0 Å². The van der Waals surface area contributed by atoms with Gasteiger partial charge in [0, 0.05) is 28.5 Å². The van der Waals surface area contributed by atoms with Crippen LogP contribution in [0.5, 0.6) is 0 Å². The third kappa shape index (κ3) is 5.84. The smallest absolute Gasteiger partial charge is 0.329 e. The third-order valence-electron chi connectivity index (χ3n) is 6.81. The summed E-state index contributed by atoms with van der Waals surface area (Å²) >= 11 is 1.62. The lowest BCUT2D eigenvalue weighted by Crippen LogP contribution is -2.62. The Kier molecular flexibility index (Phi) is 8.12. The van der Waals surface area contributed by atoms with Crippen LogP contribution in [0.4, 0.5) is 26.7 Å². The summed E-state index contributed by atoms with van der Waals surface area (Å²) < 4.78 is 0. The Morgan fingerprint density at radius 3 is 1.82 bits per heavy atom. The molecule has 1 aromatic heterocycles. The Morgan fingerprint density at radius 2 is 1.32 bits per heavy atom. The van der Waals surface area contributed by atoms with Gasteiger partial charge in [0.2, 0.25) is 0 Å². The van der Waals surface area contributed by atoms with Crippen LogP contribution in [-0.4, -0.2) is 58.6 Å². The van der Waals surface area contributed by atoms with Crippen molar-refractivity contribution in [1.82, 2.24) is 9.80 Å². The van der Waals surface area contributed by atoms with Gasteiger partial charge in [0.15, 0.2) is 0 Å². The van der Waals surface area contributed by atoms with Gasteiger partial charge in [-0.1, -0.05) is 54.6 Å². The van der Waals surface area contributed by atoms with E-state index in [1.807, 2.05) is 110 Å². The van der Waals surface area contributed by atoms with Crippen molar-refractivity contribution < 1.29 is 19.5 Å². The van der Waals surface area contributed by atoms with Crippen molar-refractivity contribution in [3.8, 4) is 0 Å².